The molecule has 0 aliphatic heterocycles. The van der Waals surface area contributed by atoms with Crippen LogP contribution in [0.3, 0.4) is 0 Å². The number of hydrogen-bond acceptors (Lipinski definition) is 7. The van der Waals surface area contributed by atoms with Gasteiger partial charge in [0.15, 0.2) is 0 Å². The van der Waals surface area contributed by atoms with E-state index in [1.807, 2.05) is 19.9 Å². The van der Waals surface area contributed by atoms with Gasteiger partial charge in [0.25, 0.3) is 0 Å². The summed E-state index contributed by atoms with van der Waals surface area (Å²) in [6, 6.07) is 4.57. The van der Waals surface area contributed by atoms with Crippen LogP contribution in [0.1, 0.15) is 97.5 Å². The summed E-state index contributed by atoms with van der Waals surface area (Å²) in [4.78, 5) is 53.5. The summed E-state index contributed by atoms with van der Waals surface area (Å²) >= 11 is 0. The number of esters is 1. The summed E-state index contributed by atoms with van der Waals surface area (Å²) in [6.45, 7) is 7.92. The molecule has 3 amide bonds. The van der Waals surface area contributed by atoms with Gasteiger partial charge in [0, 0.05) is 38.1 Å². The molecule has 0 aromatic heterocycles. The number of benzene rings is 1. The molecule has 10 heteroatoms. The van der Waals surface area contributed by atoms with Crippen LogP contribution >= 0.6 is 0 Å². The van der Waals surface area contributed by atoms with Crippen LogP contribution in [0.2, 0.25) is 0 Å². The van der Waals surface area contributed by atoms with E-state index in [2.05, 4.69) is 17.6 Å². The summed E-state index contributed by atoms with van der Waals surface area (Å²) in [5.74, 6) is -0.176. The van der Waals surface area contributed by atoms with Gasteiger partial charge < -0.3 is 29.7 Å². The topological polar surface area (TPSA) is 123 Å². The zero-order valence-corrected chi connectivity index (χ0v) is 27.0. The average molecular weight is 592 g/mol. The number of nitrogens with zero attached hydrogens (tertiary/aromatic N) is 1. The average Bonchev–Trinajstić information content (AvgIpc) is 2.96. The van der Waals surface area contributed by atoms with Crippen molar-refractivity contribution in [3.8, 4) is 11.5 Å². The molecule has 0 aliphatic carbocycles. The molecule has 0 aliphatic rings. The maximum Gasteiger partial charge on any atom is 0.331 e. The summed E-state index contributed by atoms with van der Waals surface area (Å²) in [5.41, 5.74) is -0.661. The number of rotatable bonds is 20. The van der Waals surface area contributed by atoms with Gasteiger partial charge in [0.1, 0.15) is 23.1 Å². The van der Waals surface area contributed by atoms with Crippen molar-refractivity contribution in [1.82, 2.24) is 15.5 Å². The van der Waals surface area contributed by atoms with Crippen LogP contribution in [0.15, 0.2) is 18.2 Å². The number of amides is 3. The first-order valence-corrected chi connectivity index (χ1v) is 15.0. The Balaban J connectivity index is 2.86. The third-order valence-corrected chi connectivity index (χ3v) is 7.32. The number of nitrogens with one attached hydrogen (secondary N) is 2. The second-order valence-electron chi connectivity index (χ2n) is 11.5. The molecular formula is C32H53N3O7. The maximum atomic E-state index is 13.4. The highest BCUT2D eigenvalue weighted by Crippen LogP contribution is 2.26. The highest BCUT2D eigenvalue weighted by Gasteiger charge is 2.38. The molecule has 10 nitrogen and oxygen atoms in total. The molecule has 0 saturated carbocycles. The van der Waals surface area contributed by atoms with Gasteiger partial charge in [-0.3, -0.25) is 14.4 Å². The molecule has 0 saturated heterocycles. The Bertz CT molecular complexity index is 1010. The van der Waals surface area contributed by atoms with E-state index in [9.17, 15) is 19.2 Å². The van der Waals surface area contributed by atoms with Gasteiger partial charge in [-0.15, -0.1) is 0 Å². The Hall–Kier alpha value is -3.30. The number of hydrogen-bond donors (Lipinski definition) is 2. The lowest BCUT2D eigenvalue weighted by Gasteiger charge is -2.31. The lowest BCUT2D eigenvalue weighted by Crippen LogP contribution is -2.58. The third-order valence-electron chi connectivity index (χ3n) is 7.32. The fraction of sp³-hybridized carbons (Fsp3) is 0.688. The number of ether oxygens (including phenoxy) is 3. The monoisotopic (exact) mass is 591 g/mol. The van der Waals surface area contributed by atoms with Gasteiger partial charge >= 0.3 is 5.97 Å². The highest BCUT2D eigenvalue weighted by molar-refractivity contribution is 5.92. The van der Waals surface area contributed by atoms with Crippen LogP contribution in [-0.2, 0) is 30.5 Å². The van der Waals surface area contributed by atoms with E-state index >= 15 is 0 Å². The molecular weight excluding hydrogens is 538 g/mol. The van der Waals surface area contributed by atoms with E-state index in [4.69, 9.17) is 14.2 Å². The van der Waals surface area contributed by atoms with E-state index in [-0.39, 0.29) is 37.1 Å². The molecule has 0 radical (unpaired) electrons. The molecule has 1 unspecified atom stereocenters. The molecule has 1 aromatic rings. The van der Waals surface area contributed by atoms with Gasteiger partial charge in [0.2, 0.25) is 17.7 Å². The molecule has 0 fully saturated rings. The van der Waals surface area contributed by atoms with Crippen molar-refractivity contribution < 1.29 is 33.4 Å². The Morgan fingerprint density at radius 1 is 0.952 bits per heavy atom. The first kappa shape index (κ1) is 36.7. The van der Waals surface area contributed by atoms with Gasteiger partial charge in [-0.1, -0.05) is 52.9 Å². The SMILES string of the molecule is CCCCCCCCC(=O)N[C@@H](CC(C)C)C(=O)NC(C)(CCC(=O)N(C)Cc1ccc(OC)cc1OC)C(=O)OC. The van der Waals surface area contributed by atoms with Crippen molar-refractivity contribution in [3.05, 3.63) is 23.8 Å². The number of carbonyl (C=O) groups is 4. The Kier molecular flexibility index (Phi) is 16.6. The van der Waals surface area contributed by atoms with Gasteiger partial charge in [-0.25, -0.2) is 4.79 Å². The fourth-order valence-electron chi connectivity index (χ4n) is 4.71. The second-order valence-corrected chi connectivity index (χ2v) is 11.5. The van der Waals surface area contributed by atoms with E-state index in [0.29, 0.717) is 24.3 Å². The summed E-state index contributed by atoms with van der Waals surface area (Å²) in [7, 11) is 6.02. The van der Waals surface area contributed by atoms with Crippen molar-refractivity contribution >= 4 is 23.7 Å². The van der Waals surface area contributed by atoms with Crippen LogP contribution in [0.25, 0.3) is 0 Å². The van der Waals surface area contributed by atoms with Gasteiger partial charge in [0.05, 0.1) is 21.3 Å². The minimum atomic E-state index is -1.46. The molecule has 1 rings (SSSR count). The zero-order valence-electron chi connectivity index (χ0n) is 27.0. The zero-order chi connectivity index (χ0) is 31.7. The Morgan fingerprint density at radius 2 is 1.62 bits per heavy atom. The van der Waals surface area contributed by atoms with Crippen LogP contribution in [-0.4, -0.2) is 68.5 Å². The van der Waals surface area contributed by atoms with Gasteiger partial charge in [-0.2, -0.15) is 0 Å². The fourth-order valence-corrected chi connectivity index (χ4v) is 4.71. The van der Waals surface area contributed by atoms with Gasteiger partial charge in [-0.05, 0) is 44.2 Å². The minimum Gasteiger partial charge on any atom is -0.497 e. The molecule has 0 heterocycles. The molecule has 2 atom stereocenters. The summed E-state index contributed by atoms with van der Waals surface area (Å²) < 4.78 is 15.7. The lowest BCUT2D eigenvalue weighted by molar-refractivity contribution is -0.151. The standard InChI is InChI=1S/C32H53N3O7/c1-9-10-11-12-13-14-15-28(36)33-26(20-23(2)3)30(38)34-32(4,31(39)42-8)19-18-29(37)35(5)22-24-16-17-25(40-6)21-27(24)41-7/h16-17,21,23,26H,9-15,18-20,22H2,1-8H3,(H,33,36)(H,34,38)/t26-,32?/m0/s1. The molecule has 2 N–H and O–H groups in total. The van der Waals surface area contributed by atoms with Crippen LogP contribution < -0.4 is 20.1 Å². The normalized spacial score (nSPS) is 13.1. The Labute approximate surface area is 252 Å². The summed E-state index contributed by atoms with van der Waals surface area (Å²) in [6.07, 6.45) is 7.13. The molecule has 238 valence electrons. The largest absolute Gasteiger partial charge is 0.497 e. The van der Waals surface area contributed by atoms with E-state index in [1.54, 1.807) is 40.3 Å². The second kappa shape index (κ2) is 19.0. The first-order valence-electron chi connectivity index (χ1n) is 15.0. The molecule has 42 heavy (non-hydrogen) atoms. The predicted octanol–water partition coefficient (Wildman–Crippen LogP) is 4.77. The third kappa shape index (κ3) is 12.7. The van der Waals surface area contributed by atoms with E-state index in [0.717, 1.165) is 31.2 Å². The van der Waals surface area contributed by atoms with Crippen LogP contribution in [0.4, 0.5) is 0 Å². The van der Waals surface area contributed by atoms with E-state index < -0.39 is 23.5 Å². The van der Waals surface area contributed by atoms with Crippen molar-refractivity contribution in [2.75, 3.05) is 28.4 Å². The van der Waals surface area contributed by atoms with Crippen molar-refractivity contribution in [2.45, 2.75) is 110 Å². The van der Waals surface area contributed by atoms with Crippen molar-refractivity contribution in [1.29, 1.82) is 0 Å². The molecule has 0 bridgehead atoms. The Morgan fingerprint density at radius 3 is 2.21 bits per heavy atom. The highest BCUT2D eigenvalue weighted by atomic mass is 16.5. The number of unbranched alkanes of at least 4 members (excludes halogenated alkanes) is 5. The lowest BCUT2D eigenvalue weighted by atomic mass is 9.93. The quantitative estimate of drug-likeness (QED) is 0.165. The molecule has 0 spiro atoms. The first-order chi connectivity index (χ1) is 19.9. The summed E-state index contributed by atoms with van der Waals surface area (Å²) in [5, 5.41) is 5.65. The van der Waals surface area contributed by atoms with Crippen LogP contribution in [0.5, 0.6) is 11.5 Å². The predicted molar refractivity (Wildman–Crippen MR) is 163 cm³/mol. The smallest absolute Gasteiger partial charge is 0.331 e. The van der Waals surface area contributed by atoms with Crippen LogP contribution in [0, 0.1) is 5.92 Å². The number of methoxy groups -OCH3 is 3. The van der Waals surface area contributed by atoms with E-state index in [1.165, 1.54) is 24.9 Å². The maximum absolute atomic E-state index is 13.4. The number of carbonyl (C=O) groups excluding carboxylic acids is 4. The van der Waals surface area contributed by atoms with Crippen molar-refractivity contribution in [3.63, 3.8) is 0 Å². The molecule has 1 aromatic carbocycles. The van der Waals surface area contributed by atoms with Crippen molar-refractivity contribution in [2.24, 2.45) is 5.92 Å². The minimum absolute atomic E-state index is 0.0138.